The van der Waals surface area contributed by atoms with Gasteiger partial charge in [-0.25, -0.2) is 0 Å². The predicted octanol–water partition coefficient (Wildman–Crippen LogP) is 0.0307. The van der Waals surface area contributed by atoms with Crippen molar-refractivity contribution in [2.45, 2.75) is 44.2 Å². The first kappa shape index (κ1) is 13.5. The summed E-state index contributed by atoms with van der Waals surface area (Å²) in [6.07, 6.45) is -4.98. The van der Waals surface area contributed by atoms with E-state index in [0.29, 0.717) is 0 Å². The van der Waals surface area contributed by atoms with Crippen molar-refractivity contribution < 1.29 is 24.8 Å². The molecule has 18 heavy (non-hydrogen) atoms. The molecule has 1 aromatic rings. The zero-order valence-electron chi connectivity index (χ0n) is 10.1. The minimum Gasteiger partial charge on any atom is -0.388 e. The van der Waals surface area contributed by atoms with Crippen LogP contribution in [-0.2, 0) is 16.1 Å². The second-order valence-electron chi connectivity index (χ2n) is 4.47. The average Bonchev–Trinajstić information content (AvgIpc) is 2.38. The van der Waals surface area contributed by atoms with Crippen molar-refractivity contribution in [2.24, 2.45) is 0 Å². The van der Waals surface area contributed by atoms with Crippen LogP contribution in [0.3, 0.4) is 0 Å². The van der Waals surface area contributed by atoms with Crippen LogP contribution < -0.4 is 0 Å². The Hall–Kier alpha value is -0.980. The summed E-state index contributed by atoms with van der Waals surface area (Å²) in [4.78, 5) is 0. The summed E-state index contributed by atoms with van der Waals surface area (Å²) in [5.74, 6) is 0. The first-order valence-corrected chi connectivity index (χ1v) is 5.95. The highest BCUT2D eigenvalue weighted by Gasteiger charge is 2.42. The summed E-state index contributed by atoms with van der Waals surface area (Å²) < 4.78 is 10.5. The number of benzene rings is 1. The molecule has 1 saturated heterocycles. The van der Waals surface area contributed by atoms with Gasteiger partial charge in [0, 0.05) is 0 Å². The fraction of sp³-hybridized carbons (Fsp3) is 0.538. The number of aliphatic hydroxyl groups excluding tert-OH is 3. The maximum atomic E-state index is 9.88. The average molecular weight is 254 g/mol. The van der Waals surface area contributed by atoms with Crippen LogP contribution in [0, 0.1) is 0 Å². The lowest BCUT2D eigenvalue weighted by atomic mass is 10.00. The van der Waals surface area contributed by atoms with Gasteiger partial charge in [0.2, 0.25) is 0 Å². The summed E-state index contributed by atoms with van der Waals surface area (Å²) in [6, 6.07) is 9.43. The molecule has 3 N–H and O–H groups in total. The van der Waals surface area contributed by atoms with Crippen molar-refractivity contribution in [3.8, 4) is 0 Å². The van der Waals surface area contributed by atoms with Crippen molar-refractivity contribution >= 4 is 0 Å². The van der Waals surface area contributed by atoms with E-state index >= 15 is 0 Å². The van der Waals surface area contributed by atoms with Crippen LogP contribution in [0.4, 0.5) is 0 Å². The molecule has 1 aromatic carbocycles. The summed E-state index contributed by atoms with van der Waals surface area (Å²) in [5.41, 5.74) is 0.936. The van der Waals surface area contributed by atoms with Crippen LogP contribution in [0.5, 0.6) is 0 Å². The van der Waals surface area contributed by atoms with Crippen LogP contribution in [-0.4, -0.2) is 46.0 Å². The topological polar surface area (TPSA) is 79.2 Å². The molecule has 0 aromatic heterocycles. The van der Waals surface area contributed by atoms with Gasteiger partial charge in [-0.05, 0) is 12.5 Å². The lowest BCUT2D eigenvalue weighted by Gasteiger charge is -2.39. The van der Waals surface area contributed by atoms with Gasteiger partial charge in [0.15, 0.2) is 6.29 Å². The number of rotatable bonds is 3. The van der Waals surface area contributed by atoms with Gasteiger partial charge in [0.05, 0.1) is 12.7 Å². The Bertz CT molecular complexity index is 355. The maximum Gasteiger partial charge on any atom is 0.183 e. The first-order chi connectivity index (χ1) is 8.59. The smallest absolute Gasteiger partial charge is 0.183 e. The Labute approximate surface area is 106 Å². The molecular weight excluding hydrogens is 236 g/mol. The van der Waals surface area contributed by atoms with E-state index in [1.807, 2.05) is 30.3 Å². The monoisotopic (exact) mass is 254 g/mol. The highest BCUT2D eigenvalue weighted by Crippen LogP contribution is 2.23. The standard InChI is InChI=1S/C13H18O5/c1-8-10(14)12(11(15)13(16)18-8)17-7-9-5-3-2-4-6-9/h2-6,8,10-16H,7H2,1H3/t8?,10-,11?,12?,13-/m1/s1. The SMILES string of the molecule is CC1O[C@@H](O)C(O)C(OCc2ccccc2)[C@@H]1O. The number of hydrogen-bond acceptors (Lipinski definition) is 5. The Morgan fingerprint density at radius 2 is 1.78 bits per heavy atom. The predicted molar refractivity (Wildman–Crippen MR) is 63.6 cm³/mol. The molecule has 0 aliphatic carbocycles. The lowest BCUT2D eigenvalue weighted by Crippen LogP contribution is -2.57. The molecular formula is C13H18O5. The molecule has 2 rings (SSSR count). The van der Waals surface area contributed by atoms with E-state index in [0.717, 1.165) is 5.56 Å². The second-order valence-corrected chi connectivity index (χ2v) is 4.47. The van der Waals surface area contributed by atoms with Crippen molar-refractivity contribution in [1.29, 1.82) is 0 Å². The summed E-state index contributed by atoms with van der Waals surface area (Å²) in [6.45, 7) is 1.89. The summed E-state index contributed by atoms with van der Waals surface area (Å²) >= 11 is 0. The summed E-state index contributed by atoms with van der Waals surface area (Å²) in [7, 11) is 0. The molecule has 5 heteroatoms. The normalized spacial score (nSPS) is 36.6. The summed E-state index contributed by atoms with van der Waals surface area (Å²) in [5, 5.41) is 29.1. The Kier molecular flexibility index (Phi) is 4.31. The van der Waals surface area contributed by atoms with Crippen LogP contribution in [0.1, 0.15) is 12.5 Å². The van der Waals surface area contributed by atoms with E-state index in [1.54, 1.807) is 6.92 Å². The Morgan fingerprint density at radius 1 is 1.11 bits per heavy atom. The zero-order chi connectivity index (χ0) is 13.1. The molecule has 1 aliphatic rings. The number of aliphatic hydroxyl groups is 3. The molecule has 0 bridgehead atoms. The van der Waals surface area contributed by atoms with E-state index in [1.165, 1.54) is 0 Å². The highest BCUT2D eigenvalue weighted by atomic mass is 16.6. The van der Waals surface area contributed by atoms with E-state index in [2.05, 4.69) is 0 Å². The molecule has 0 radical (unpaired) electrons. The molecule has 100 valence electrons. The van der Waals surface area contributed by atoms with Gasteiger partial charge in [-0.1, -0.05) is 30.3 Å². The van der Waals surface area contributed by atoms with Gasteiger partial charge >= 0.3 is 0 Å². The van der Waals surface area contributed by atoms with Crippen LogP contribution in [0.15, 0.2) is 30.3 Å². The van der Waals surface area contributed by atoms with Gasteiger partial charge in [0.25, 0.3) is 0 Å². The van der Waals surface area contributed by atoms with Crippen molar-refractivity contribution in [2.75, 3.05) is 0 Å². The fourth-order valence-corrected chi connectivity index (χ4v) is 1.98. The molecule has 0 spiro atoms. The Balaban J connectivity index is 1.98. The molecule has 1 fully saturated rings. The largest absolute Gasteiger partial charge is 0.388 e. The molecule has 1 aliphatic heterocycles. The van der Waals surface area contributed by atoms with E-state index < -0.39 is 30.7 Å². The maximum absolute atomic E-state index is 9.88. The first-order valence-electron chi connectivity index (χ1n) is 5.95. The van der Waals surface area contributed by atoms with Crippen LogP contribution in [0.2, 0.25) is 0 Å². The molecule has 5 atom stereocenters. The third kappa shape index (κ3) is 2.88. The quantitative estimate of drug-likeness (QED) is 0.709. The van der Waals surface area contributed by atoms with Gasteiger partial charge in [-0.15, -0.1) is 0 Å². The van der Waals surface area contributed by atoms with Gasteiger partial charge < -0.3 is 24.8 Å². The van der Waals surface area contributed by atoms with Crippen LogP contribution >= 0.6 is 0 Å². The molecule has 5 nitrogen and oxygen atoms in total. The van der Waals surface area contributed by atoms with Crippen LogP contribution in [0.25, 0.3) is 0 Å². The number of ether oxygens (including phenoxy) is 2. The molecule has 0 amide bonds. The number of hydrogen-bond donors (Lipinski definition) is 3. The molecule has 1 heterocycles. The fourth-order valence-electron chi connectivity index (χ4n) is 1.98. The molecule has 0 saturated carbocycles. The van der Waals surface area contributed by atoms with Crippen molar-refractivity contribution in [1.82, 2.24) is 0 Å². The zero-order valence-corrected chi connectivity index (χ0v) is 10.1. The van der Waals surface area contributed by atoms with Gasteiger partial charge in [-0.3, -0.25) is 0 Å². The Morgan fingerprint density at radius 3 is 2.44 bits per heavy atom. The third-order valence-electron chi connectivity index (χ3n) is 3.09. The minimum atomic E-state index is -1.33. The van der Waals surface area contributed by atoms with Gasteiger partial charge in [-0.2, -0.15) is 0 Å². The second kappa shape index (κ2) is 5.77. The third-order valence-corrected chi connectivity index (χ3v) is 3.09. The van der Waals surface area contributed by atoms with Crippen molar-refractivity contribution in [3.63, 3.8) is 0 Å². The van der Waals surface area contributed by atoms with E-state index in [4.69, 9.17) is 9.47 Å². The highest BCUT2D eigenvalue weighted by molar-refractivity contribution is 5.13. The van der Waals surface area contributed by atoms with Gasteiger partial charge in [0.1, 0.15) is 18.3 Å². The molecule has 3 unspecified atom stereocenters. The van der Waals surface area contributed by atoms with E-state index in [-0.39, 0.29) is 6.61 Å². The van der Waals surface area contributed by atoms with E-state index in [9.17, 15) is 15.3 Å². The minimum absolute atomic E-state index is 0.263. The van der Waals surface area contributed by atoms with Crippen molar-refractivity contribution in [3.05, 3.63) is 35.9 Å². The lowest BCUT2D eigenvalue weighted by molar-refractivity contribution is -0.287.